The number of amides is 1. The van der Waals surface area contributed by atoms with E-state index in [-0.39, 0.29) is 5.91 Å². The summed E-state index contributed by atoms with van der Waals surface area (Å²) >= 11 is 1.94. The summed E-state index contributed by atoms with van der Waals surface area (Å²) in [4.78, 5) is 11.0. The average Bonchev–Trinajstić information content (AvgIpc) is 2.65. The molecule has 0 bridgehead atoms. The highest BCUT2D eigenvalue weighted by atomic mass is 32.2. The standard InChI is InChI=1S/C10H20N2OS/c1-11-10(13)6-7-12-8-4-3-5-9(8)14-2/h8-9,12H,3-7H2,1-2H3,(H,11,13). The smallest absolute Gasteiger partial charge is 0.221 e. The molecule has 1 aliphatic carbocycles. The van der Waals surface area contributed by atoms with Crippen LogP contribution in [0.25, 0.3) is 0 Å². The van der Waals surface area contributed by atoms with Crippen LogP contribution in [0.15, 0.2) is 0 Å². The maximum atomic E-state index is 11.0. The van der Waals surface area contributed by atoms with E-state index < -0.39 is 0 Å². The van der Waals surface area contributed by atoms with Gasteiger partial charge in [-0.2, -0.15) is 11.8 Å². The maximum absolute atomic E-state index is 11.0. The zero-order valence-corrected chi connectivity index (χ0v) is 9.82. The number of carbonyl (C=O) groups excluding carboxylic acids is 1. The van der Waals surface area contributed by atoms with Gasteiger partial charge in [0.1, 0.15) is 0 Å². The molecule has 0 aromatic carbocycles. The first-order valence-electron chi connectivity index (χ1n) is 5.24. The van der Waals surface area contributed by atoms with Crippen molar-refractivity contribution < 1.29 is 4.79 Å². The molecule has 1 fully saturated rings. The molecule has 14 heavy (non-hydrogen) atoms. The second kappa shape index (κ2) is 6.30. The van der Waals surface area contributed by atoms with E-state index in [1.54, 1.807) is 7.05 Å². The van der Waals surface area contributed by atoms with Gasteiger partial charge in [0.15, 0.2) is 0 Å². The number of thioether (sulfide) groups is 1. The molecule has 0 heterocycles. The van der Waals surface area contributed by atoms with Gasteiger partial charge in [-0.25, -0.2) is 0 Å². The van der Waals surface area contributed by atoms with Crippen LogP contribution < -0.4 is 10.6 Å². The lowest BCUT2D eigenvalue weighted by Crippen LogP contribution is -2.36. The predicted octanol–water partition coefficient (Wildman–Crippen LogP) is 0.996. The minimum Gasteiger partial charge on any atom is -0.359 e. The molecule has 82 valence electrons. The second-order valence-corrected chi connectivity index (χ2v) is 4.77. The van der Waals surface area contributed by atoms with E-state index in [1.807, 2.05) is 11.8 Å². The summed E-state index contributed by atoms with van der Waals surface area (Å²) in [5, 5.41) is 6.85. The van der Waals surface area contributed by atoms with Gasteiger partial charge in [0.25, 0.3) is 0 Å². The topological polar surface area (TPSA) is 41.1 Å². The molecule has 2 unspecified atom stereocenters. The lowest BCUT2D eigenvalue weighted by molar-refractivity contribution is -0.120. The van der Waals surface area contributed by atoms with Crippen LogP contribution in [0.1, 0.15) is 25.7 Å². The third kappa shape index (κ3) is 3.50. The van der Waals surface area contributed by atoms with Crippen molar-refractivity contribution in [3.05, 3.63) is 0 Å². The number of hydrogen-bond donors (Lipinski definition) is 2. The second-order valence-electron chi connectivity index (χ2n) is 3.69. The van der Waals surface area contributed by atoms with Crippen molar-refractivity contribution in [2.24, 2.45) is 0 Å². The SMILES string of the molecule is CNC(=O)CCNC1CCCC1SC. The molecule has 1 saturated carbocycles. The highest BCUT2D eigenvalue weighted by Crippen LogP contribution is 2.28. The minimum absolute atomic E-state index is 0.121. The van der Waals surface area contributed by atoms with Crippen molar-refractivity contribution in [3.8, 4) is 0 Å². The zero-order chi connectivity index (χ0) is 10.4. The Morgan fingerprint density at radius 1 is 1.50 bits per heavy atom. The van der Waals surface area contributed by atoms with Gasteiger partial charge in [-0.1, -0.05) is 6.42 Å². The summed E-state index contributed by atoms with van der Waals surface area (Å²) < 4.78 is 0. The van der Waals surface area contributed by atoms with Gasteiger partial charge in [-0.05, 0) is 19.1 Å². The molecule has 3 nitrogen and oxygen atoms in total. The average molecular weight is 216 g/mol. The summed E-state index contributed by atoms with van der Waals surface area (Å²) in [6.45, 7) is 0.807. The molecule has 1 aliphatic rings. The van der Waals surface area contributed by atoms with Crippen molar-refractivity contribution in [2.45, 2.75) is 37.0 Å². The summed E-state index contributed by atoms with van der Waals surface area (Å²) in [6.07, 6.45) is 6.67. The number of nitrogens with one attached hydrogen (secondary N) is 2. The van der Waals surface area contributed by atoms with Crippen molar-refractivity contribution in [1.82, 2.24) is 10.6 Å². The Bertz CT molecular complexity index is 187. The quantitative estimate of drug-likeness (QED) is 0.720. The highest BCUT2D eigenvalue weighted by molar-refractivity contribution is 7.99. The minimum atomic E-state index is 0.121. The Morgan fingerprint density at radius 2 is 2.29 bits per heavy atom. The van der Waals surface area contributed by atoms with E-state index in [2.05, 4.69) is 16.9 Å². The Hall–Kier alpha value is -0.220. The van der Waals surface area contributed by atoms with Gasteiger partial charge in [0.05, 0.1) is 0 Å². The van der Waals surface area contributed by atoms with E-state index in [0.29, 0.717) is 12.5 Å². The van der Waals surface area contributed by atoms with Crippen molar-refractivity contribution in [2.75, 3.05) is 19.8 Å². The maximum Gasteiger partial charge on any atom is 0.221 e. The van der Waals surface area contributed by atoms with Gasteiger partial charge in [-0.3, -0.25) is 4.79 Å². The first kappa shape index (κ1) is 11.9. The van der Waals surface area contributed by atoms with Crippen LogP contribution in [0.5, 0.6) is 0 Å². The van der Waals surface area contributed by atoms with E-state index in [0.717, 1.165) is 11.8 Å². The van der Waals surface area contributed by atoms with E-state index in [4.69, 9.17) is 0 Å². The number of rotatable bonds is 5. The van der Waals surface area contributed by atoms with Crippen LogP contribution in [0.3, 0.4) is 0 Å². The van der Waals surface area contributed by atoms with Gasteiger partial charge in [-0.15, -0.1) is 0 Å². The van der Waals surface area contributed by atoms with Gasteiger partial charge < -0.3 is 10.6 Å². The fourth-order valence-corrected chi connectivity index (χ4v) is 2.90. The van der Waals surface area contributed by atoms with Crippen molar-refractivity contribution in [1.29, 1.82) is 0 Å². The third-order valence-electron chi connectivity index (χ3n) is 2.79. The largest absolute Gasteiger partial charge is 0.359 e. The summed E-state index contributed by atoms with van der Waals surface area (Å²) in [5.74, 6) is 0.121. The Kier molecular flexibility index (Phi) is 5.33. The van der Waals surface area contributed by atoms with E-state index in [1.165, 1.54) is 19.3 Å². The van der Waals surface area contributed by atoms with Crippen LogP contribution in [-0.2, 0) is 4.79 Å². The predicted molar refractivity (Wildman–Crippen MR) is 61.6 cm³/mol. The van der Waals surface area contributed by atoms with E-state index in [9.17, 15) is 4.79 Å². The fourth-order valence-electron chi connectivity index (χ4n) is 1.94. The molecule has 0 spiro atoms. The zero-order valence-electron chi connectivity index (χ0n) is 9.01. The molecule has 0 radical (unpaired) electrons. The Balaban J connectivity index is 2.14. The number of hydrogen-bond acceptors (Lipinski definition) is 3. The van der Waals surface area contributed by atoms with Crippen molar-refractivity contribution in [3.63, 3.8) is 0 Å². The molecule has 1 rings (SSSR count). The Labute approximate surface area is 90.4 Å². The third-order valence-corrected chi connectivity index (χ3v) is 3.96. The normalized spacial score (nSPS) is 26.4. The summed E-state index contributed by atoms with van der Waals surface area (Å²) in [7, 11) is 1.68. The summed E-state index contributed by atoms with van der Waals surface area (Å²) in [6, 6.07) is 0.620. The van der Waals surface area contributed by atoms with Crippen LogP contribution >= 0.6 is 11.8 Å². The van der Waals surface area contributed by atoms with Crippen LogP contribution in [0.2, 0.25) is 0 Å². The summed E-state index contributed by atoms with van der Waals surface area (Å²) in [5.41, 5.74) is 0. The molecule has 0 saturated heterocycles. The van der Waals surface area contributed by atoms with Crippen molar-refractivity contribution >= 4 is 17.7 Å². The molecule has 0 aliphatic heterocycles. The lowest BCUT2D eigenvalue weighted by atomic mass is 10.2. The molecule has 0 aromatic heterocycles. The monoisotopic (exact) mass is 216 g/mol. The van der Waals surface area contributed by atoms with Gasteiger partial charge in [0, 0.05) is 31.3 Å². The molecule has 1 amide bonds. The first-order chi connectivity index (χ1) is 6.77. The highest BCUT2D eigenvalue weighted by Gasteiger charge is 2.25. The molecule has 2 N–H and O–H groups in total. The van der Waals surface area contributed by atoms with E-state index >= 15 is 0 Å². The molecule has 4 heteroatoms. The molecule has 2 atom stereocenters. The fraction of sp³-hybridized carbons (Fsp3) is 0.900. The molecular formula is C10H20N2OS. The number of carbonyl (C=O) groups is 1. The van der Waals surface area contributed by atoms with Crippen LogP contribution in [0, 0.1) is 0 Å². The lowest BCUT2D eigenvalue weighted by Gasteiger charge is -2.18. The first-order valence-corrected chi connectivity index (χ1v) is 6.53. The van der Waals surface area contributed by atoms with Crippen LogP contribution in [-0.4, -0.2) is 37.0 Å². The van der Waals surface area contributed by atoms with Crippen LogP contribution in [0.4, 0.5) is 0 Å². The molecular weight excluding hydrogens is 196 g/mol. The van der Waals surface area contributed by atoms with Gasteiger partial charge >= 0.3 is 0 Å². The molecule has 0 aromatic rings. The van der Waals surface area contributed by atoms with Gasteiger partial charge in [0.2, 0.25) is 5.91 Å². The Morgan fingerprint density at radius 3 is 2.93 bits per heavy atom.